The Bertz CT molecular complexity index is 1260. The zero-order chi connectivity index (χ0) is 23.6. The Morgan fingerprint density at radius 2 is 1.79 bits per heavy atom. The first-order valence-electron chi connectivity index (χ1n) is 12.0. The smallest absolute Gasteiger partial charge is 0.282 e. The molecule has 0 unspecified atom stereocenters. The second kappa shape index (κ2) is 7.53. The van der Waals surface area contributed by atoms with E-state index in [0.717, 1.165) is 43.2 Å². The number of rotatable bonds is 2. The molecule has 3 fully saturated rings. The van der Waals surface area contributed by atoms with Gasteiger partial charge in [0.25, 0.3) is 5.03 Å². The first-order valence-corrected chi connectivity index (χ1v) is 13.5. The van der Waals surface area contributed by atoms with Gasteiger partial charge in [-0.25, -0.2) is 13.3 Å². The highest BCUT2D eigenvalue weighted by Gasteiger charge is 2.58. The topological polar surface area (TPSA) is 55.6 Å². The van der Waals surface area contributed by atoms with Gasteiger partial charge < -0.3 is 0 Å². The van der Waals surface area contributed by atoms with Crippen LogP contribution in [0.5, 0.6) is 0 Å². The molecule has 3 saturated carbocycles. The largest absolute Gasteiger partial charge is 0.290 e. The van der Waals surface area contributed by atoms with Crippen LogP contribution in [0.15, 0.2) is 63.6 Å². The van der Waals surface area contributed by atoms with Crippen LogP contribution in [0.4, 0.5) is 0 Å². The molecule has 4 aliphatic carbocycles. The molecule has 0 bridgehead atoms. The molecule has 0 aliphatic heterocycles. The molecule has 33 heavy (non-hydrogen) atoms. The fourth-order valence-corrected chi connectivity index (χ4v) is 8.98. The molecule has 0 aromatic heterocycles. The van der Waals surface area contributed by atoms with E-state index in [1.54, 1.807) is 30.3 Å². The van der Waals surface area contributed by atoms with Crippen LogP contribution >= 0.6 is 0 Å². The van der Waals surface area contributed by atoms with E-state index in [1.165, 1.54) is 5.57 Å². The summed E-state index contributed by atoms with van der Waals surface area (Å²) in [5.74, 6) is 1.41. The lowest BCUT2D eigenvalue weighted by atomic mass is 9.48. The monoisotopic (exact) mass is 461 g/mol. The third-order valence-electron chi connectivity index (χ3n) is 9.29. The Morgan fingerprint density at radius 1 is 1.06 bits per heavy atom. The average molecular weight is 462 g/mol. The zero-order valence-corrected chi connectivity index (χ0v) is 20.4. The number of hydrogen-bond acceptors (Lipinski definition) is 3. The summed E-state index contributed by atoms with van der Waals surface area (Å²) in [6.07, 6.45) is 11.2. The summed E-state index contributed by atoms with van der Waals surface area (Å²) in [4.78, 5) is 15.8. The Labute approximate surface area is 197 Å². The van der Waals surface area contributed by atoms with E-state index in [-0.39, 0.29) is 26.5 Å². The minimum atomic E-state index is -3.84. The molecule has 1 aromatic rings. The molecule has 5 rings (SSSR count). The van der Waals surface area contributed by atoms with Gasteiger partial charge in [0, 0.05) is 5.41 Å². The summed E-state index contributed by atoms with van der Waals surface area (Å²) in [5.41, 5.74) is 2.76. The van der Waals surface area contributed by atoms with Crippen molar-refractivity contribution >= 4 is 15.6 Å². The number of sulfone groups is 1. The van der Waals surface area contributed by atoms with E-state index in [0.29, 0.717) is 24.2 Å². The predicted octanol–water partition coefficient (Wildman–Crippen LogP) is 6.21. The van der Waals surface area contributed by atoms with Crippen molar-refractivity contribution in [1.29, 1.82) is 0 Å². The fraction of sp³-hybridized carbons (Fsp3) is 0.500. The lowest BCUT2D eigenvalue weighted by Gasteiger charge is -2.56. The van der Waals surface area contributed by atoms with Gasteiger partial charge >= 0.3 is 0 Å². The number of fused-ring (bicyclic) bond motifs is 5. The van der Waals surface area contributed by atoms with Crippen LogP contribution in [0.2, 0.25) is 0 Å². The summed E-state index contributed by atoms with van der Waals surface area (Å²) in [7, 11) is -3.84. The average Bonchev–Trinajstić information content (AvgIpc) is 3.12. The summed E-state index contributed by atoms with van der Waals surface area (Å²) in [6.45, 7) is 14.3. The van der Waals surface area contributed by atoms with Gasteiger partial charge in [-0.2, -0.15) is 0 Å². The highest BCUT2D eigenvalue weighted by Crippen LogP contribution is 2.66. The van der Waals surface area contributed by atoms with Crippen LogP contribution < -0.4 is 0 Å². The highest BCUT2D eigenvalue weighted by atomic mass is 32.2. The number of carbonyl (C=O) groups is 1. The van der Waals surface area contributed by atoms with Gasteiger partial charge in [0.05, 0.1) is 11.5 Å². The molecule has 0 saturated heterocycles. The number of benzene rings is 1. The van der Waals surface area contributed by atoms with Gasteiger partial charge in [-0.15, -0.1) is 0 Å². The normalized spacial score (nSPS) is 36.8. The molecule has 0 radical (unpaired) electrons. The minimum absolute atomic E-state index is 0.0411. The minimum Gasteiger partial charge on any atom is -0.290 e. The maximum Gasteiger partial charge on any atom is 0.282 e. The zero-order valence-electron chi connectivity index (χ0n) is 19.6. The third kappa shape index (κ3) is 3.21. The standard InChI is InChI=1S/C28H31NO3S/c1-18-5-8-21(9-6-18)33(31,32)26(29-4)25-12-11-23-22-10-7-19-17-20(30)13-15-27(19,2)24(22)14-16-28(23,25)3/h5-6,8-9,13,15,17,22-24H,7,10-12,14,16H2,1-3H3/b26-25-/t22-,23-,24-,27-,28-/m0/s1. The summed E-state index contributed by atoms with van der Waals surface area (Å²) < 4.78 is 27.0. The van der Waals surface area contributed by atoms with Gasteiger partial charge in [-0.3, -0.25) is 4.79 Å². The molecule has 0 N–H and O–H groups in total. The van der Waals surface area contributed by atoms with E-state index in [9.17, 15) is 13.2 Å². The van der Waals surface area contributed by atoms with E-state index < -0.39 is 9.84 Å². The molecule has 0 heterocycles. The summed E-state index contributed by atoms with van der Waals surface area (Å²) >= 11 is 0. The van der Waals surface area contributed by atoms with Crippen molar-refractivity contribution in [3.05, 3.63) is 75.6 Å². The van der Waals surface area contributed by atoms with E-state index in [2.05, 4.69) is 24.8 Å². The quantitative estimate of drug-likeness (QED) is 0.492. The maximum absolute atomic E-state index is 13.5. The SMILES string of the molecule is [C-]#[N+]/C(=C1\CC[C@H]2[C@@H]3CCC4=CC(=O)C=C[C@]4(C)[C@H]3CC[C@]12C)S(=O)(=O)c1ccc(C)cc1. The highest BCUT2D eigenvalue weighted by molar-refractivity contribution is 7.95. The van der Waals surface area contributed by atoms with E-state index in [1.807, 2.05) is 13.0 Å². The van der Waals surface area contributed by atoms with Crippen molar-refractivity contribution in [1.82, 2.24) is 0 Å². The Balaban J connectivity index is 1.54. The predicted molar refractivity (Wildman–Crippen MR) is 129 cm³/mol. The van der Waals surface area contributed by atoms with Crippen molar-refractivity contribution < 1.29 is 13.2 Å². The molecule has 4 aliphatic rings. The number of nitrogens with zero attached hydrogens (tertiary/aromatic N) is 1. The number of hydrogen-bond donors (Lipinski definition) is 0. The van der Waals surface area contributed by atoms with Crippen molar-refractivity contribution in [2.24, 2.45) is 28.6 Å². The van der Waals surface area contributed by atoms with Gasteiger partial charge in [-0.1, -0.05) is 43.2 Å². The maximum atomic E-state index is 13.5. The summed E-state index contributed by atoms with van der Waals surface area (Å²) in [5, 5.41) is -0.0411. The van der Waals surface area contributed by atoms with Crippen molar-refractivity contribution in [2.45, 2.75) is 64.2 Å². The molecule has 5 heteroatoms. The molecular weight excluding hydrogens is 430 g/mol. The van der Waals surface area contributed by atoms with Crippen molar-refractivity contribution in [2.75, 3.05) is 0 Å². The molecule has 1 aromatic carbocycles. The third-order valence-corrected chi connectivity index (χ3v) is 11.0. The van der Waals surface area contributed by atoms with Crippen LogP contribution in [-0.4, -0.2) is 14.2 Å². The molecular formula is C28H31NO3S. The molecule has 0 spiro atoms. The molecule has 4 nitrogen and oxygen atoms in total. The van der Waals surface area contributed by atoms with Crippen LogP contribution in [-0.2, 0) is 14.6 Å². The van der Waals surface area contributed by atoms with Crippen LogP contribution in [0.1, 0.15) is 57.9 Å². The van der Waals surface area contributed by atoms with Gasteiger partial charge in [0.2, 0.25) is 9.84 Å². The first kappa shape index (κ1) is 22.3. The fourth-order valence-electron chi connectivity index (χ4n) is 7.48. The van der Waals surface area contributed by atoms with Crippen LogP contribution in [0, 0.1) is 42.1 Å². The van der Waals surface area contributed by atoms with Gasteiger partial charge in [-0.05, 0) is 98.5 Å². The Hall–Kier alpha value is -2.45. The number of allylic oxidation sites excluding steroid dienone is 5. The lowest BCUT2D eigenvalue weighted by molar-refractivity contribution is -0.111. The second-order valence-electron chi connectivity index (χ2n) is 10.8. The molecule has 172 valence electrons. The van der Waals surface area contributed by atoms with Gasteiger partial charge in [0.1, 0.15) is 0 Å². The summed E-state index contributed by atoms with van der Waals surface area (Å²) in [6, 6.07) is 6.82. The van der Waals surface area contributed by atoms with Crippen molar-refractivity contribution in [3.8, 4) is 0 Å². The van der Waals surface area contributed by atoms with E-state index in [4.69, 9.17) is 6.57 Å². The second-order valence-corrected chi connectivity index (χ2v) is 12.7. The lowest BCUT2D eigenvalue weighted by Crippen LogP contribution is -2.48. The molecule has 0 amide bonds. The molecule has 5 atom stereocenters. The van der Waals surface area contributed by atoms with Gasteiger partial charge in [0.15, 0.2) is 5.78 Å². The number of ketones is 1. The Morgan fingerprint density at radius 3 is 2.48 bits per heavy atom. The van der Waals surface area contributed by atoms with E-state index >= 15 is 0 Å². The first-order chi connectivity index (χ1) is 15.6. The van der Waals surface area contributed by atoms with Crippen LogP contribution in [0.3, 0.4) is 0 Å². The number of aryl methyl sites for hydroxylation is 1. The van der Waals surface area contributed by atoms with Crippen LogP contribution in [0.25, 0.3) is 4.85 Å². The number of carbonyl (C=O) groups excluding carboxylic acids is 1. The van der Waals surface area contributed by atoms with Crippen molar-refractivity contribution in [3.63, 3.8) is 0 Å². The Kier molecular flexibility index (Phi) is 5.10.